The van der Waals surface area contributed by atoms with Crippen molar-refractivity contribution in [2.75, 3.05) is 14.1 Å². The zero-order valence-corrected chi connectivity index (χ0v) is 11.3. The highest BCUT2D eigenvalue weighted by Gasteiger charge is 2.27. The highest BCUT2D eigenvalue weighted by atomic mass is 32.2. The van der Waals surface area contributed by atoms with Crippen LogP contribution in [0.15, 0.2) is 25.0 Å². The fourth-order valence-electron chi connectivity index (χ4n) is 1.17. The Kier molecular flexibility index (Phi) is 5.95. The average molecular weight is 261 g/mol. The number of carbonyl (C=O) groups excluding carboxylic acids is 1. The van der Waals surface area contributed by atoms with Crippen LogP contribution in [-0.4, -0.2) is 38.6 Å². The minimum atomic E-state index is -3.83. The molecule has 0 spiro atoms. The number of amides is 1. The van der Waals surface area contributed by atoms with E-state index in [0.717, 1.165) is 0 Å². The van der Waals surface area contributed by atoms with Crippen LogP contribution in [-0.2, 0) is 19.1 Å². The Morgan fingerprint density at radius 2 is 2.00 bits per heavy atom. The van der Waals surface area contributed by atoms with E-state index in [9.17, 15) is 13.2 Å². The summed E-state index contributed by atoms with van der Waals surface area (Å²) in [6.07, 6.45) is 2.17. The zero-order chi connectivity index (χ0) is 13.6. The number of nitrogens with zero attached hydrogens (tertiary/aromatic N) is 1. The maximum atomic E-state index is 11.8. The summed E-state index contributed by atoms with van der Waals surface area (Å²) in [5.41, 5.74) is 0. The van der Waals surface area contributed by atoms with Crippen molar-refractivity contribution in [3.8, 4) is 0 Å². The van der Waals surface area contributed by atoms with Gasteiger partial charge in [-0.2, -0.15) is 8.42 Å². The van der Waals surface area contributed by atoms with E-state index in [2.05, 4.69) is 13.2 Å². The molecule has 98 valence electrons. The first-order chi connectivity index (χ1) is 7.76. The van der Waals surface area contributed by atoms with Crippen molar-refractivity contribution >= 4 is 16.0 Å². The molecule has 1 atom stereocenters. The van der Waals surface area contributed by atoms with Gasteiger partial charge in [0.05, 0.1) is 0 Å². The summed E-state index contributed by atoms with van der Waals surface area (Å²) in [6.45, 7) is 8.53. The molecule has 0 aromatic heterocycles. The molecule has 0 saturated carbocycles. The summed E-state index contributed by atoms with van der Waals surface area (Å²) in [6, 6.07) is 0. The number of hydrogen-bond donors (Lipinski definition) is 0. The molecule has 17 heavy (non-hydrogen) atoms. The Labute approximate surface area is 103 Å². The Balaban J connectivity index is 4.81. The van der Waals surface area contributed by atoms with Gasteiger partial charge in [-0.05, 0) is 19.4 Å². The van der Waals surface area contributed by atoms with Crippen LogP contribution >= 0.6 is 0 Å². The van der Waals surface area contributed by atoms with Gasteiger partial charge in [-0.3, -0.25) is 4.79 Å². The second-order valence-corrected chi connectivity index (χ2v) is 5.57. The third-order valence-corrected chi connectivity index (χ3v) is 3.93. The molecule has 0 aliphatic heterocycles. The van der Waals surface area contributed by atoms with E-state index < -0.39 is 27.0 Å². The molecule has 0 aromatic rings. The molecule has 0 aromatic carbocycles. The monoisotopic (exact) mass is 261 g/mol. The van der Waals surface area contributed by atoms with Crippen molar-refractivity contribution in [2.24, 2.45) is 0 Å². The topological polar surface area (TPSA) is 63.7 Å². The molecular formula is C11H19NO4S. The molecule has 0 heterocycles. The first kappa shape index (κ1) is 15.7. The summed E-state index contributed by atoms with van der Waals surface area (Å²) < 4.78 is 28.3. The SMILES string of the molecule is C=CCC(CC)S(=O)(=O)OC(=C)C(=O)N(C)C. The van der Waals surface area contributed by atoms with Crippen LogP contribution in [0.1, 0.15) is 19.8 Å². The third kappa shape index (κ3) is 4.60. The van der Waals surface area contributed by atoms with Gasteiger partial charge in [0.15, 0.2) is 5.76 Å². The highest BCUT2D eigenvalue weighted by Crippen LogP contribution is 2.16. The summed E-state index contributed by atoms with van der Waals surface area (Å²) in [4.78, 5) is 12.6. The Morgan fingerprint density at radius 3 is 2.35 bits per heavy atom. The third-order valence-electron chi connectivity index (χ3n) is 2.15. The Morgan fingerprint density at radius 1 is 1.47 bits per heavy atom. The predicted octanol–water partition coefficient (Wildman–Crippen LogP) is 1.29. The van der Waals surface area contributed by atoms with Crippen molar-refractivity contribution in [3.63, 3.8) is 0 Å². The van der Waals surface area contributed by atoms with Gasteiger partial charge in [-0.15, -0.1) is 6.58 Å². The number of carbonyl (C=O) groups is 1. The van der Waals surface area contributed by atoms with Gasteiger partial charge in [0.1, 0.15) is 5.25 Å². The highest BCUT2D eigenvalue weighted by molar-refractivity contribution is 7.87. The van der Waals surface area contributed by atoms with Crippen LogP contribution in [0.3, 0.4) is 0 Å². The molecule has 0 saturated heterocycles. The normalized spacial score (nSPS) is 12.6. The van der Waals surface area contributed by atoms with Crippen LogP contribution in [0.4, 0.5) is 0 Å². The predicted molar refractivity (Wildman–Crippen MR) is 66.7 cm³/mol. The largest absolute Gasteiger partial charge is 0.377 e. The first-order valence-corrected chi connectivity index (χ1v) is 6.68. The Hall–Kier alpha value is -1.30. The molecule has 0 rings (SSSR count). The molecule has 5 nitrogen and oxygen atoms in total. The van der Waals surface area contributed by atoms with Crippen molar-refractivity contribution in [2.45, 2.75) is 25.0 Å². The van der Waals surface area contributed by atoms with Crippen molar-refractivity contribution in [1.82, 2.24) is 4.90 Å². The van der Waals surface area contributed by atoms with Gasteiger partial charge in [0.2, 0.25) is 0 Å². The molecule has 0 N–H and O–H groups in total. The van der Waals surface area contributed by atoms with Crippen LogP contribution in [0, 0.1) is 0 Å². The van der Waals surface area contributed by atoms with E-state index in [-0.39, 0.29) is 6.42 Å². The molecule has 0 aliphatic rings. The maximum absolute atomic E-state index is 11.8. The lowest BCUT2D eigenvalue weighted by atomic mass is 10.2. The first-order valence-electron chi connectivity index (χ1n) is 5.21. The number of hydrogen-bond acceptors (Lipinski definition) is 4. The molecule has 0 bridgehead atoms. The molecular weight excluding hydrogens is 242 g/mol. The lowest BCUT2D eigenvalue weighted by molar-refractivity contribution is -0.126. The smallest absolute Gasteiger partial charge is 0.312 e. The second kappa shape index (κ2) is 6.44. The summed E-state index contributed by atoms with van der Waals surface area (Å²) in [5.74, 6) is -0.959. The van der Waals surface area contributed by atoms with Crippen LogP contribution in [0.25, 0.3) is 0 Å². The van der Waals surface area contributed by atoms with E-state index in [4.69, 9.17) is 4.18 Å². The molecule has 0 aliphatic carbocycles. The van der Waals surface area contributed by atoms with E-state index >= 15 is 0 Å². The molecule has 0 radical (unpaired) electrons. The van der Waals surface area contributed by atoms with Gasteiger partial charge >= 0.3 is 10.1 Å². The van der Waals surface area contributed by atoms with E-state index in [1.807, 2.05) is 0 Å². The van der Waals surface area contributed by atoms with E-state index in [0.29, 0.717) is 6.42 Å². The summed E-state index contributed by atoms with van der Waals surface area (Å²) in [5, 5.41) is -0.702. The maximum Gasteiger partial charge on any atom is 0.312 e. The molecule has 1 amide bonds. The average Bonchev–Trinajstić information content (AvgIpc) is 2.23. The number of allylic oxidation sites excluding steroid dienone is 1. The van der Waals surface area contributed by atoms with Gasteiger partial charge in [-0.1, -0.05) is 13.0 Å². The lowest BCUT2D eigenvalue weighted by Crippen LogP contribution is -2.29. The second-order valence-electron chi connectivity index (χ2n) is 3.75. The van der Waals surface area contributed by atoms with Crippen LogP contribution < -0.4 is 0 Å². The quantitative estimate of drug-likeness (QED) is 0.300. The van der Waals surface area contributed by atoms with Gasteiger partial charge in [0, 0.05) is 14.1 Å². The van der Waals surface area contributed by atoms with Crippen molar-refractivity contribution in [3.05, 3.63) is 25.0 Å². The zero-order valence-electron chi connectivity index (χ0n) is 10.5. The molecule has 6 heteroatoms. The fourth-order valence-corrected chi connectivity index (χ4v) is 2.44. The standard InChI is InChI=1S/C11H19NO4S/c1-6-8-10(7-2)17(14,15)16-9(3)11(13)12(4)5/h6,10H,1,3,7-8H2,2,4-5H3. The number of rotatable bonds is 7. The van der Waals surface area contributed by atoms with Crippen LogP contribution in [0.5, 0.6) is 0 Å². The lowest BCUT2D eigenvalue weighted by Gasteiger charge is -2.17. The Bertz CT molecular complexity index is 398. The minimum Gasteiger partial charge on any atom is -0.377 e. The van der Waals surface area contributed by atoms with E-state index in [1.165, 1.54) is 25.1 Å². The molecule has 0 fully saturated rings. The molecule has 1 unspecified atom stereocenters. The fraction of sp³-hybridized carbons (Fsp3) is 0.545. The van der Waals surface area contributed by atoms with Gasteiger partial charge < -0.3 is 9.08 Å². The van der Waals surface area contributed by atoms with Gasteiger partial charge in [0.25, 0.3) is 5.91 Å². The van der Waals surface area contributed by atoms with E-state index in [1.54, 1.807) is 6.92 Å². The van der Waals surface area contributed by atoms with Gasteiger partial charge in [-0.25, -0.2) is 0 Å². The number of likely N-dealkylation sites (N-methyl/N-ethyl adjacent to an activating group) is 1. The minimum absolute atomic E-state index is 0.280. The van der Waals surface area contributed by atoms with Crippen molar-refractivity contribution in [1.29, 1.82) is 0 Å². The summed E-state index contributed by atoms with van der Waals surface area (Å²) >= 11 is 0. The summed E-state index contributed by atoms with van der Waals surface area (Å²) in [7, 11) is -0.849. The van der Waals surface area contributed by atoms with Crippen molar-refractivity contribution < 1.29 is 17.4 Å². The van der Waals surface area contributed by atoms with Crippen LogP contribution in [0.2, 0.25) is 0 Å².